The van der Waals surface area contributed by atoms with Crippen LogP contribution in [0.2, 0.25) is 0 Å². The molecule has 0 bridgehead atoms. The first-order valence-corrected chi connectivity index (χ1v) is 6.77. The standard InChI is InChI=1S/C13H6ClF11O2/c14-8(26)6-1-3-7(4-2-6)27-5-9(15,16)10(17,18)11(19,20)12(21,22)13(23,24)25/h1-4H,5H2. The van der Waals surface area contributed by atoms with Crippen LogP contribution in [0.4, 0.5) is 48.3 Å². The molecule has 1 rings (SSSR count). The zero-order valence-electron chi connectivity index (χ0n) is 12.4. The van der Waals surface area contributed by atoms with Crippen molar-refractivity contribution >= 4 is 16.8 Å². The Labute approximate surface area is 147 Å². The van der Waals surface area contributed by atoms with Crippen molar-refractivity contribution in [3.8, 4) is 5.75 Å². The second-order valence-corrected chi connectivity index (χ2v) is 5.36. The van der Waals surface area contributed by atoms with Gasteiger partial charge in [0.15, 0.2) is 6.61 Å². The van der Waals surface area contributed by atoms with Crippen LogP contribution >= 0.6 is 11.6 Å². The fraction of sp³-hybridized carbons (Fsp3) is 0.462. The molecule has 2 nitrogen and oxygen atoms in total. The molecule has 0 heterocycles. The Morgan fingerprint density at radius 2 is 1.22 bits per heavy atom. The Kier molecular flexibility index (Phi) is 6.01. The van der Waals surface area contributed by atoms with E-state index in [1.54, 1.807) is 0 Å². The Balaban J connectivity index is 3.08. The molecule has 0 aliphatic heterocycles. The van der Waals surface area contributed by atoms with E-state index < -0.39 is 47.5 Å². The number of halogens is 12. The van der Waals surface area contributed by atoms with Crippen LogP contribution in [0, 0.1) is 0 Å². The van der Waals surface area contributed by atoms with Gasteiger partial charge in [0.05, 0.1) is 0 Å². The number of carbonyl (C=O) groups is 1. The summed E-state index contributed by atoms with van der Waals surface area (Å²) in [5.74, 6) is -28.9. The highest BCUT2D eigenvalue weighted by atomic mass is 35.5. The second-order valence-electron chi connectivity index (χ2n) is 5.01. The summed E-state index contributed by atoms with van der Waals surface area (Å²) < 4.78 is 144. The number of hydrogen-bond donors (Lipinski definition) is 0. The van der Waals surface area contributed by atoms with E-state index in [1.165, 1.54) is 0 Å². The zero-order valence-corrected chi connectivity index (χ0v) is 13.1. The normalized spacial score (nSPS) is 14.2. The average molecular weight is 439 g/mol. The molecule has 0 atom stereocenters. The SMILES string of the molecule is O=C(Cl)c1ccc(OCC(F)(F)C(F)(F)C(F)(F)C(F)(F)C(F)(F)F)cc1. The first-order chi connectivity index (χ1) is 11.9. The summed E-state index contributed by atoms with van der Waals surface area (Å²) in [6, 6.07) is 3.14. The van der Waals surface area contributed by atoms with Crippen LogP contribution < -0.4 is 4.74 Å². The van der Waals surface area contributed by atoms with Crippen LogP contribution in [-0.2, 0) is 0 Å². The van der Waals surface area contributed by atoms with Crippen LogP contribution in [0.3, 0.4) is 0 Å². The number of carbonyl (C=O) groups excluding carboxylic acids is 1. The number of hydrogen-bond acceptors (Lipinski definition) is 2. The van der Waals surface area contributed by atoms with E-state index in [0.29, 0.717) is 12.1 Å². The molecule has 0 N–H and O–H groups in total. The number of rotatable bonds is 7. The Morgan fingerprint density at radius 3 is 1.59 bits per heavy atom. The van der Waals surface area contributed by atoms with Gasteiger partial charge in [-0.3, -0.25) is 4.79 Å². The Morgan fingerprint density at radius 1 is 0.778 bits per heavy atom. The lowest BCUT2D eigenvalue weighted by molar-refractivity contribution is -0.423. The maximum atomic E-state index is 13.4. The van der Waals surface area contributed by atoms with E-state index in [4.69, 9.17) is 11.6 Å². The maximum absolute atomic E-state index is 13.4. The van der Waals surface area contributed by atoms with E-state index in [0.717, 1.165) is 12.1 Å². The van der Waals surface area contributed by atoms with E-state index in [9.17, 15) is 53.1 Å². The summed E-state index contributed by atoms with van der Waals surface area (Å²) in [5.41, 5.74) is -0.197. The topological polar surface area (TPSA) is 26.3 Å². The molecule has 1 aromatic rings. The summed E-state index contributed by atoms with van der Waals surface area (Å²) >= 11 is 5.05. The van der Waals surface area contributed by atoms with Crippen molar-refractivity contribution in [2.24, 2.45) is 0 Å². The molecule has 0 radical (unpaired) electrons. The predicted molar refractivity (Wildman–Crippen MR) is 68.0 cm³/mol. The molecule has 1 aromatic carbocycles. The fourth-order valence-corrected chi connectivity index (χ4v) is 1.68. The van der Waals surface area contributed by atoms with Crippen molar-refractivity contribution in [1.29, 1.82) is 0 Å². The molecule has 0 spiro atoms. The lowest BCUT2D eigenvalue weighted by Gasteiger charge is -2.37. The predicted octanol–water partition coefficient (Wildman–Crippen LogP) is 5.55. The molecular formula is C13H6ClF11O2. The quantitative estimate of drug-likeness (QED) is 0.412. The van der Waals surface area contributed by atoms with Crippen LogP contribution in [0.25, 0.3) is 0 Å². The van der Waals surface area contributed by atoms with Gasteiger partial charge >= 0.3 is 29.9 Å². The lowest BCUT2D eigenvalue weighted by Crippen LogP contribution is -2.67. The van der Waals surface area contributed by atoms with Gasteiger partial charge in [-0.15, -0.1) is 0 Å². The van der Waals surface area contributed by atoms with Gasteiger partial charge in [0.2, 0.25) is 0 Å². The Bertz CT molecular complexity index is 682. The summed E-state index contributed by atoms with van der Waals surface area (Å²) in [6.07, 6.45) is -7.22. The van der Waals surface area contributed by atoms with Crippen molar-refractivity contribution < 1.29 is 57.8 Å². The molecule has 0 fully saturated rings. The minimum atomic E-state index is -7.49. The number of alkyl halides is 11. The largest absolute Gasteiger partial charge is 0.487 e. The minimum Gasteiger partial charge on any atom is -0.487 e. The van der Waals surface area contributed by atoms with Gasteiger partial charge in [0.1, 0.15) is 5.75 Å². The molecule has 0 saturated carbocycles. The molecule has 0 aromatic heterocycles. The highest BCUT2D eigenvalue weighted by molar-refractivity contribution is 6.67. The van der Waals surface area contributed by atoms with Crippen LogP contribution in [-0.4, -0.2) is 41.7 Å². The first-order valence-electron chi connectivity index (χ1n) is 6.39. The van der Waals surface area contributed by atoms with Gasteiger partial charge < -0.3 is 4.74 Å². The third-order valence-corrected chi connectivity index (χ3v) is 3.32. The van der Waals surface area contributed by atoms with Crippen molar-refractivity contribution in [2.75, 3.05) is 6.61 Å². The van der Waals surface area contributed by atoms with E-state index >= 15 is 0 Å². The van der Waals surface area contributed by atoms with Gasteiger partial charge in [0.25, 0.3) is 5.24 Å². The molecule has 0 saturated heterocycles. The molecule has 27 heavy (non-hydrogen) atoms. The molecule has 0 aliphatic carbocycles. The monoisotopic (exact) mass is 438 g/mol. The van der Waals surface area contributed by atoms with Gasteiger partial charge in [-0.05, 0) is 35.9 Å². The first kappa shape index (κ1) is 23.2. The molecular weight excluding hydrogens is 433 g/mol. The average Bonchev–Trinajstić information content (AvgIpc) is 2.51. The molecule has 14 heteroatoms. The number of benzene rings is 1. The highest BCUT2D eigenvalue weighted by Gasteiger charge is 2.87. The number of ether oxygens (including phenoxy) is 1. The van der Waals surface area contributed by atoms with Crippen LogP contribution in [0.1, 0.15) is 10.4 Å². The van der Waals surface area contributed by atoms with Gasteiger partial charge in [-0.1, -0.05) is 0 Å². The Hall–Kier alpha value is -1.79. The molecule has 0 aliphatic rings. The fourth-order valence-electron chi connectivity index (χ4n) is 1.55. The van der Waals surface area contributed by atoms with Crippen molar-refractivity contribution in [3.63, 3.8) is 0 Å². The second kappa shape index (κ2) is 6.99. The van der Waals surface area contributed by atoms with Crippen LogP contribution in [0.5, 0.6) is 5.75 Å². The van der Waals surface area contributed by atoms with E-state index in [-0.39, 0.29) is 5.56 Å². The maximum Gasteiger partial charge on any atom is 0.460 e. The third-order valence-electron chi connectivity index (χ3n) is 3.11. The zero-order chi connectivity index (χ0) is 21.5. The van der Waals surface area contributed by atoms with Gasteiger partial charge in [-0.25, -0.2) is 0 Å². The smallest absolute Gasteiger partial charge is 0.460 e. The lowest BCUT2D eigenvalue weighted by atomic mass is 9.98. The summed E-state index contributed by atoms with van der Waals surface area (Å²) in [6.45, 7) is -2.67. The summed E-state index contributed by atoms with van der Waals surface area (Å²) in [7, 11) is 0. The van der Waals surface area contributed by atoms with E-state index in [2.05, 4.69) is 4.74 Å². The summed E-state index contributed by atoms with van der Waals surface area (Å²) in [5, 5.41) is -1.01. The van der Waals surface area contributed by atoms with Gasteiger partial charge in [0, 0.05) is 5.56 Å². The van der Waals surface area contributed by atoms with Crippen LogP contribution in [0.15, 0.2) is 24.3 Å². The minimum absolute atomic E-state index is 0.197. The highest BCUT2D eigenvalue weighted by Crippen LogP contribution is 2.57. The third kappa shape index (κ3) is 4.06. The summed E-state index contributed by atoms with van der Waals surface area (Å²) in [4.78, 5) is 10.7. The van der Waals surface area contributed by atoms with E-state index in [1.807, 2.05) is 0 Å². The van der Waals surface area contributed by atoms with Crippen molar-refractivity contribution in [1.82, 2.24) is 0 Å². The van der Waals surface area contributed by atoms with Crippen molar-refractivity contribution in [3.05, 3.63) is 29.8 Å². The molecule has 0 unspecified atom stereocenters. The van der Waals surface area contributed by atoms with Crippen molar-refractivity contribution in [2.45, 2.75) is 29.9 Å². The molecule has 154 valence electrons. The molecule has 0 amide bonds. The van der Waals surface area contributed by atoms with Gasteiger partial charge in [-0.2, -0.15) is 48.3 Å².